The number of halogens is 1. The molecule has 0 saturated carbocycles. The summed E-state index contributed by atoms with van der Waals surface area (Å²) in [6.07, 6.45) is 0.387. The molecule has 1 aromatic rings. The molecule has 3 rings (SSSR count). The first kappa shape index (κ1) is 14.0. The quantitative estimate of drug-likeness (QED) is 0.875. The van der Waals surface area contributed by atoms with Crippen molar-refractivity contribution in [3.63, 3.8) is 0 Å². The van der Waals surface area contributed by atoms with Crippen molar-refractivity contribution >= 4 is 29.1 Å². The number of carbonyl (C=O) groups is 2. The average molecular weight is 312 g/mol. The van der Waals surface area contributed by atoms with E-state index in [0.29, 0.717) is 28.6 Å². The van der Waals surface area contributed by atoms with E-state index in [1.807, 2.05) is 6.92 Å². The number of nitrogens with zero attached hydrogens (tertiary/aromatic N) is 1. The van der Waals surface area contributed by atoms with Crippen LogP contribution >= 0.6 is 11.6 Å². The van der Waals surface area contributed by atoms with E-state index >= 15 is 0 Å². The Labute approximate surface area is 126 Å². The van der Waals surface area contributed by atoms with E-state index in [2.05, 4.69) is 10.7 Å². The van der Waals surface area contributed by atoms with Crippen molar-refractivity contribution in [2.24, 2.45) is 0 Å². The van der Waals surface area contributed by atoms with Crippen LogP contribution in [0.3, 0.4) is 0 Å². The molecule has 1 atom stereocenters. The number of hydrazine groups is 1. The van der Waals surface area contributed by atoms with Crippen molar-refractivity contribution in [2.45, 2.75) is 19.4 Å². The summed E-state index contributed by atoms with van der Waals surface area (Å²) >= 11 is 6.09. The minimum Gasteiger partial charge on any atom is -0.454 e. The van der Waals surface area contributed by atoms with E-state index in [9.17, 15) is 9.59 Å². The lowest BCUT2D eigenvalue weighted by atomic mass is 10.2. The molecule has 2 aliphatic heterocycles. The Balaban J connectivity index is 1.66. The fourth-order valence-electron chi connectivity index (χ4n) is 2.25. The highest BCUT2D eigenvalue weighted by atomic mass is 35.5. The normalized spacial score (nSPS) is 20.5. The Bertz CT molecular complexity index is 607. The van der Waals surface area contributed by atoms with Crippen LogP contribution in [0, 0.1) is 0 Å². The Morgan fingerprint density at radius 2 is 2.19 bits per heavy atom. The zero-order chi connectivity index (χ0) is 15.0. The molecular weight excluding hydrogens is 298 g/mol. The zero-order valence-corrected chi connectivity index (χ0v) is 12.1. The molecule has 1 saturated heterocycles. The molecule has 2 heterocycles. The third kappa shape index (κ3) is 2.88. The molecule has 0 radical (unpaired) electrons. The van der Waals surface area contributed by atoms with Crippen molar-refractivity contribution < 1.29 is 19.1 Å². The van der Waals surface area contributed by atoms with Crippen molar-refractivity contribution in [3.8, 4) is 11.5 Å². The van der Waals surface area contributed by atoms with Crippen LogP contribution in [0.4, 0.5) is 5.69 Å². The maximum absolute atomic E-state index is 12.0. The molecule has 0 bridgehead atoms. The largest absolute Gasteiger partial charge is 0.454 e. The lowest BCUT2D eigenvalue weighted by Crippen LogP contribution is -2.42. The van der Waals surface area contributed by atoms with Gasteiger partial charge in [-0.25, -0.2) is 5.01 Å². The van der Waals surface area contributed by atoms with Crippen LogP contribution in [0.15, 0.2) is 12.1 Å². The van der Waals surface area contributed by atoms with E-state index in [-0.39, 0.29) is 31.2 Å². The summed E-state index contributed by atoms with van der Waals surface area (Å²) in [6.45, 7) is 2.07. The van der Waals surface area contributed by atoms with Gasteiger partial charge in [0.1, 0.15) is 0 Å². The highest BCUT2D eigenvalue weighted by molar-refractivity contribution is 6.34. The Kier molecular flexibility index (Phi) is 3.60. The molecule has 0 unspecified atom stereocenters. The van der Waals surface area contributed by atoms with Gasteiger partial charge < -0.3 is 14.8 Å². The second-order valence-electron chi connectivity index (χ2n) is 4.95. The standard InChI is InChI=1S/C13H14ClN3O4/c1-7-2-12(18)16-17(7)5-13(19)15-9-4-11-10(3-8(9)14)20-6-21-11/h3-4,7H,2,5-6H2,1H3,(H,15,19)(H,16,18)/t7-/m0/s1. The monoisotopic (exact) mass is 311 g/mol. The summed E-state index contributed by atoms with van der Waals surface area (Å²) in [5.41, 5.74) is 3.08. The molecule has 0 aliphatic carbocycles. The van der Waals surface area contributed by atoms with Gasteiger partial charge in [-0.15, -0.1) is 0 Å². The van der Waals surface area contributed by atoms with Gasteiger partial charge in [-0.1, -0.05) is 11.6 Å². The van der Waals surface area contributed by atoms with Gasteiger partial charge in [0.2, 0.25) is 18.6 Å². The van der Waals surface area contributed by atoms with Gasteiger partial charge in [-0.2, -0.15) is 0 Å². The smallest absolute Gasteiger partial charge is 0.240 e. The number of amides is 2. The Hall–Kier alpha value is -1.99. The molecule has 1 fully saturated rings. The van der Waals surface area contributed by atoms with E-state index in [0.717, 1.165) is 0 Å². The first-order valence-electron chi connectivity index (χ1n) is 6.48. The maximum atomic E-state index is 12.0. The third-order valence-corrected chi connectivity index (χ3v) is 3.64. The van der Waals surface area contributed by atoms with Gasteiger partial charge >= 0.3 is 0 Å². The summed E-state index contributed by atoms with van der Waals surface area (Å²) in [7, 11) is 0. The van der Waals surface area contributed by atoms with E-state index in [1.165, 1.54) is 0 Å². The predicted molar refractivity (Wildman–Crippen MR) is 75.1 cm³/mol. The summed E-state index contributed by atoms with van der Waals surface area (Å²) < 4.78 is 10.4. The van der Waals surface area contributed by atoms with Crippen LogP contribution in [0.1, 0.15) is 13.3 Å². The molecule has 0 aromatic heterocycles. The van der Waals surface area contributed by atoms with E-state index < -0.39 is 0 Å². The number of anilines is 1. The number of hydrogen-bond donors (Lipinski definition) is 2. The first-order chi connectivity index (χ1) is 10.0. The highest BCUT2D eigenvalue weighted by Crippen LogP contribution is 2.39. The minimum atomic E-state index is -0.273. The summed E-state index contributed by atoms with van der Waals surface area (Å²) in [5.74, 6) is 0.734. The second-order valence-corrected chi connectivity index (χ2v) is 5.36. The maximum Gasteiger partial charge on any atom is 0.240 e. The van der Waals surface area contributed by atoms with E-state index in [4.69, 9.17) is 21.1 Å². The first-order valence-corrected chi connectivity index (χ1v) is 6.86. The van der Waals surface area contributed by atoms with Crippen molar-refractivity contribution in [1.82, 2.24) is 10.4 Å². The zero-order valence-electron chi connectivity index (χ0n) is 11.3. The molecule has 2 aliphatic rings. The fourth-order valence-corrected chi connectivity index (χ4v) is 2.45. The summed E-state index contributed by atoms with van der Waals surface area (Å²) in [6, 6.07) is 3.20. The number of benzene rings is 1. The number of fused-ring (bicyclic) bond motifs is 1. The van der Waals surface area contributed by atoms with Gasteiger partial charge in [0.05, 0.1) is 17.3 Å². The Morgan fingerprint density at radius 1 is 1.48 bits per heavy atom. The van der Waals surface area contributed by atoms with Crippen LogP contribution < -0.4 is 20.2 Å². The summed E-state index contributed by atoms with van der Waals surface area (Å²) in [4.78, 5) is 23.3. The predicted octanol–water partition coefficient (Wildman–Crippen LogP) is 1.13. The lowest BCUT2D eigenvalue weighted by molar-refractivity contribution is -0.122. The van der Waals surface area contributed by atoms with Crippen molar-refractivity contribution in [3.05, 3.63) is 17.2 Å². The molecule has 21 heavy (non-hydrogen) atoms. The van der Waals surface area contributed by atoms with E-state index in [1.54, 1.807) is 17.1 Å². The average Bonchev–Trinajstić information content (AvgIpc) is 2.96. The van der Waals surface area contributed by atoms with Gasteiger partial charge in [0.25, 0.3) is 0 Å². The molecule has 8 heteroatoms. The molecule has 112 valence electrons. The third-order valence-electron chi connectivity index (χ3n) is 3.33. The molecule has 7 nitrogen and oxygen atoms in total. The van der Waals surface area contributed by atoms with Crippen molar-refractivity contribution in [2.75, 3.05) is 18.7 Å². The molecule has 2 amide bonds. The van der Waals surface area contributed by atoms with Crippen molar-refractivity contribution in [1.29, 1.82) is 0 Å². The number of carbonyl (C=O) groups excluding carboxylic acids is 2. The molecule has 2 N–H and O–H groups in total. The minimum absolute atomic E-state index is 0.0181. The Morgan fingerprint density at radius 3 is 2.86 bits per heavy atom. The molecule has 0 spiro atoms. The van der Waals surface area contributed by atoms with Crippen LogP contribution in [-0.4, -0.2) is 36.2 Å². The van der Waals surface area contributed by atoms with Crippen LogP contribution in [0.2, 0.25) is 5.02 Å². The van der Waals surface area contributed by atoms with Gasteiger partial charge in [-0.05, 0) is 6.92 Å². The second kappa shape index (κ2) is 5.42. The number of rotatable bonds is 3. The van der Waals surface area contributed by atoms with Gasteiger partial charge in [-0.3, -0.25) is 15.0 Å². The lowest BCUT2D eigenvalue weighted by Gasteiger charge is -2.19. The van der Waals surface area contributed by atoms with Gasteiger partial charge in [0, 0.05) is 24.6 Å². The van der Waals surface area contributed by atoms with Crippen LogP contribution in [0.25, 0.3) is 0 Å². The van der Waals surface area contributed by atoms with Crippen LogP contribution in [0.5, 0.6) is 11.5 Å². The number of nitrogens with one attached hydrogen (secondary N) is 2. The highest BCUT2D eigenvalue weighted by Gasteiger charge is 2.28. The number of hydrogen-bond acceptors (Lipinski definition) is 5. The molecule has 1 aromatic carbocycles. The SMILES string of the molecule is C[C@H]1CC(=O)NN1CC(=O)Nc1cc2c(cc1Cl)OCO2. The number of ether oxygens (including phenoxy) is 2. The van der Waals surface area contributed by atoms with Crippen LogP contribution in [-0.2, 0) is 9.59 Å². The van der Waals surface area contributed by atoms with Gasteiger partial charge in [0.15, 0.2) is 11.5 Å². The fraction of sp³-hybridized carbons (Fsp3) is 0.385. The molecular formula is C13H14ClN3O4. The topological polar surface area (TPSA) is 79.9 Å². The summed E-state index contributed by atoms with van der Waals surface area (Å²) in [5, 5.41) is 4.67.